The molecule has 2 aromatic rings. The molecular weight excluding hydrogens is 319 g/mol. The summed E-state index contributed by atoms with van der Waals surface area (Å²) in [5.74, 6) is -2.04. The van der Waals surface area contributed by atoms with Crippen molar-refractivity contribution in [3.05, 3.63) is 45.7 Å². The van der Waals surface area contributed by atoms with Crippen LogP contribution in [0.2, 0.25) is 0 Å². The molecule has 0 fully saturated rings. The number of carboxylic acids is 1. The number of carboxylic acid groups (broad SMARTS) is 1. The molecule has 0 amide bonds. The van der Waals surface area contributed by atoms with Gasteiger partial charge in [0.2, 0.25) is 10.0 Å². The zero-order valence-corrected chi connectivity index (χ0v) is 12.5. The average Bonchev–Trinajstić information content (AvgIpc) is 2.88. The van der Waals surface area contributed by atoms with Crippen LogP contribution in [0.1, 0.15) is 21.1 Å². The molecule has 0 aliphatic rings. The summed E-state index contributed by atoms with van der Waals surface area (Å²) in [6, 6.07) is 3.77. The zero-order chi connectivity index (χ0) is 15.6. The number of halogens is 1. The first-order chi connectivity index (χ1) is 9.79. The predicted octanol–water partition coefficient (Wildman–Crippen LogP) is 1.77. The minimum Gasteiger partial charge on any atom is -0.476 e. The van der Waals surface area contributed by atoms with Crippen molar-refractivity contribution in [2.24, 2.45) is 0 Å². The van der Waals surface area contributed by atoms with Gasteiger partial charge in [0.25, 0.3) is 0 Å². The molecule has 2 N–H and O–H groups in total. The molecule has 0 bridgehead atoms. The van der Waals surface area contributed by atoms with E-state index in [9.17, 15) is 17.6 Å². The maximum atomic E-state index is 13.6. The summed E-state index contributed by atoms with van der Waals surface area (Å²) >= 11 is 1.01. The lowest BCUT2D eigenvalue weighted by Gasteiger charge is -2.07. The van der Waals surface area contributed by atoms with E-state index in [-0.39, 0.29) is 17.2 Å². The van der Waals surface area contributed by atoms with Crippen molar-refractivity contribution in [1.82, 2.24) is 9.71 Å². The minimum absolute atomic E-state index is 0.157. The van der Waals surface area contributed by atoms with E-state index < -0.39 is 26.7 Å². The highest BCUT2D eigenvalue weighted by Gasteiger charge is 2.19. The van der Waals surface area contributed by atoms with Gasteiger partial charge in [-0.25, -0.2) is 27.3 Å². The van der Waals surface area contributed by atoms with Gasteiger partial charge in [-0.15, -0.1) is 11.3 Å². The van der Waals surface area contributed by atoms with Crippen LogP contribution in [-0.2, 0) is 16.6 Å². The van der Waals surface area contributed by atoms with Crippen molar-refractivity contribution in [2.45, 2.75) is 18.4 Å². The molecule has 0 unspecified atom stereocenters. The number of carbonyl (C=O) groups is 1. The molecule has 21 heavy (non-hydrogen) atoms. The van der Waals surface area contributed by atoms with Crippen LogP contribution in [0.5, 0.6) is 0 Å². The molecular formula is C12H11FN2O4S2. The van der Waals surface area contributed by atoms with Crippen LogP contribution >= 0.6 is 11.3 Å². The molecule has 0 saturated carbocycles. The maximum Gasteiger partial charge on any atom is 0.355 e. The molecule has 1 heterocycles. The molecule has 0 radical (unpaired) electrons. The highest BCUT2D eigenvalue weighted by molar-refractivity contribution is 7.89. The van der Waals surface area contributed by atoms with E-state index in [1.54, 1.807) is 6.92 Å². The maximum absolute atomic E-state index is 13.6. The largest absolute Gasteiger partial charge is 0.476 e. The van der Waals surface area contributed by atoms with Gasteiger partial charge in [-0.3, -0.25) is 0 Å². The molecule has 2 rings (SSSR count). The number of aryl methyl sites for hydroxylation is 1. The third kappa shape index (κ3) is 3.63. The molecule has 9 heteroatoms. The summed E-state index contributed by atoms with van der Waals surface area (Å²) in [6.45, 7) is 1.45. The number of sulfonamides is 1. The minimum atomic E-state index is -4.03. The predicted molar refractivity (Wildman–Crippen MR) is 74.2 cm³/mol. The second-order valence-electron chi connectivity index (χ2n) is 4.19. The van der Waals surface area contributed by atoms with Crippen molar-refractivity contribution in [3.63, 3.8) is 0 Å². The number of thiazole rings is 1. The Bertz CT molecular complexity index is 786. The van der Waals surface area contributed by atoms with Gasteiger partial charge in [-0.2, -0.15) is 0 Å². The Labute approximate surface area is 124 Å². The van der Waals surface area contributed by atoms with Crippen molar-refractivity contribution >= 4 is 27.3 Å². The second kappa shape index (κ2) is 5.88. The van der Waals surface area contributed by atoms with Gasteiger partial charge in [0, 0.05) is 5.38 Å². The van der Waals surface area contributed by atoms with Crippen LogP contribution in [0.3, 0.4) is 0 Å². The van der Waals surface area contributed by atoms with Crippen LogP contribution in [-0.4, -0.2) is 24.5 Å². The third-order valence-corrected chi connectivity index (χ3v) is 4.83. The number of benzene rings is 1. The number of aromatic nitrogens is 1. The molecule has 0 atom stereocenters. The average molecular weight is 330 g/mol. The number of aromatic carboxylic acids is 1. The Balaban J connectivity index is 2.17. The Hall–Kier alpha value is -1.84. The van der Waals surface area contributed by atoms with Crippen molar-refractivity contribution < 1.29 is 22.7 Å². The Morgan fingerprint density at radius 3 is 2.81 bits per heavy atom. The SMILES string of the molecule is Cc1ccc(F)c(S(=O)(=O)NCc2nc(C(=O)O)cs2)c1. The van der Waals surface area contributed by atoms with Crippen molar-refractivity contribution in [3.8, 4) is 0 Å². The van der Waals surface area contributed by atoms with Gasteiger partial charge in [0.05, 0.1) is 6.54 Å². The van der Waals surface area contributed by atoms with Crippen LogP contribution in [0.15, 0.2) is 28.5 Å². The molecule has 0 saturated heterocycles. The summed E-state index contributed by atoms with van der Waals surface area (Å²) in [7, 11) is -4.03. The number of nitrogens with one attached hydrogen (secondary N) is 1. The smallest absolute Gasteiger partial charge is 0.355 e. The first-order valence-corrected chi connectivity index (χ1v) is 8.09. The number of nitrogens with zero attached hydrogens (tertiary/aromatic N) is 1. The van der Waals surface area contributed by atoms with E-state index >= 15 is 0 Å². The van der Waals surface area contributed by atoms with E-state index in [1.807, 2.05) is 0 Å². The monoisotopic (exact) mass is 330 g/mol. The van der Waals surface area contributed by atoms with E-state index in [4.69, 9.17) is 5.11 Å². The van der Waals surface area contributed by atoms with Gasteiger partial charge in [-0.05, 0) is 24.6 Å². The fourth-order valence-corrected chi connectivity index (χ4v) is 3.49. The van der Waals surface area contributed by atoms with Crippen LogP contribution in [0.25, 0.3) is 0 Å². The fourth-order valence-electron chi connectivity index (χ4n) is 1.54. The number of rotatable bonds is 5. The lowest BCUT2D eigenvalue weighted by molar-refractivity contribution is 0.0691. The highest BCUT2D eigenvalue weighted by Crippen LogP contribution is 2.17. The first kappa shape index (κ1) is 15.5. The van der Waals surface area contributed by atoms with E-state index in [0.29, 0.717) is 5.56 Å². The molecule has 1 aromatic heterocycles. The molecule has 112 valence electrons. The normalized spacial score (nSPS) is 11.5. The zero-order valence-electron chi connectivity index (χ0n) is 10.8. The summed E-state index contributed by atoms with van der Waals surface area (Å²) in [6.07, 6.45) is 0. The summed E-state index contributed by atoms with van der Waals surface area (Å²) in [5.41, 5.74) is 0.454. The van der Waals surface area contributed by atoms with E-state index in [1.165, 1.54) is 17.5 Å². The summed E-state index contributed by atoms with van der Waals surface area (Å²) in [5, 5.41) is 10.3. The molecule has 0 spiro atoms. The lowest BCUT2D eigenvalue weighted by atomic mass is 10.2. The topological polar surface area (TPSA) is 96.4 Å². The molecule has 0 aliphatic carbocycles. The summed E-state index contributed by atoms with van der Waals surface area (Å²) < 4.78 is 39.8. The van der Waals surface area contributed by atoms with Gasteiger partial charge < -0.3 is 5.11 Å². The standard InChI is InChI=1S/C12H11FN2O4S2/c1-7-2-3-8(13)10(4-7)21(18,19)14-5-11-15-9(6-20-11)12(16)17/h2-4,6,14H,5H2,1H3,(H,16,17). The molecule has 0 aliphatic heterocycles. The lowest BCUT2D eigenvalue weighted by Crippen LogP contribution is -2.24. The number of hydrogen-bond acceptors (Lipinski definition) is 5. The summed E-state index contributed by atoms with van der Waals surface area (Å²) in [4.78, 5) is 14.0. The molecule has 1 aromatic carbocycles. The van der Waals surface area contributed by atoms with Crippen LogP contribution < -0.4 is 4.72 Å². The fraction of sp³-hybridized carbons (Fsp3) is 0.167. The first-order valence-electron chi connectivity index (χ1n) is 5.73. The van der Waals surface area contributed by atoms with E-state index in [2.05, 4.69) is 9.71 Å². The Morgan fingerprint density at radius 2 is 2.19 bits per heavy atom. The highest BCUT2D eigenvalue weighted by atomic mass is 32.2. The van der Waals surface area contributed by atoms with Crippen LogP contribution in [0.4, 0.5) is 4.39 Å². The van der Waals surface area contributed by atoms with Gasteiger partial charge >= 0.3 is 5.97 Å². The third-order valence-electron chi connectivity index (χ3n) is 2.56. The molecule has 6 nitrogen and oxygen atoms in total. The van der Waals surface area contributed by atoms with Crippen molar-refractivity contribution in [1.29, 1.82) is 0 Å². The van der Waals surface area contributed by atoms with Gasteiger partial charge in [0.1, 0.15) is 15.7 Å². The van der Waals surface area contributed by atoms with Gasteiger partial charge in [-0.1, -0.05) is 6.07 Å². The Kier molecular flexibility index (Phi) is 4.35. The quantitative estimate of drug-likeness (QED) is 0.871. The van der Waals surface area contributed by atoms with E-state index in [0.717, 1.165) is 17.4 Å². The second-order valence-corrected chi connectivity index (χ2v) is 6.87. The Morgan fingerprint density at radius 1 is 1.48 bits per heavy atom. The van der Waals surface area contributed by atoms with Crippen molar-refractivity contribution in [2.75, 3.05) is 0 Å². The number of hydrogen-bond donors (Lipinski definition) is 2. The van der Waals surface area contributed by atoms with Crippen LogP contribution in [0, 0.1) is 12.7 Å². The van der Waals surface area contributed by atoms with Gasteiger partial charge in [0.15, 0.2) is 5.69 Å².